The van der Waals surface area contributed by atoms with Crippen molar-refractivity contribution in [2.75, 3.05) is 11.9 Å². The number of carbonyl (C=O) groups is 2. The van der Waals surface area contributed by atoms with E-state index < -0.39 is 5.97 Å². The Balaban J connectivity index is 2.00. The Bertz CT molecular complexity index is 885. The number of hydrogen-bond donors (Lipinski definition) is 1. The fraction of sp³-hybridized carbons (Fsp3) is 0.450. The second-order valence-corrected chi connectivity index (χ2v) is 8.02. The van der Waals surface area contributed by atoms with Gasteiger partial charge in [0.2, 0.25) is 5.91 Å². The van der Waals surface area contributed by atoms with E-state index in [9.17, 15) is 9.59 Å². The number of thiophene rings is 1. The molecule has 1 aliphatic carbocycles. The molecule has 1 saturated carbocycles. The molecule has 0 bridgehead atoms. The standard InChI is InChI=1S/C20H23ClN2O3S/c1-3-26-20(25)16-15-10-9-13(11-22-14-7-5-4-6-8-14)17(21)18(15)27-19(16)23-12(2)24/h9-11,14H,3-8H2,1-2H3,(H,23,24). The number of amides is 1. The van der Waals surface area contributed by atoms with Gasteiger partial charge in [0.1, 0.15) is 10.6 Å². The number of nitrogens with zero attached hydrogens (tertiary/aromatic N) is 1. The van der Waals surface area contributed by atoms with Gasteiger partial charge in [-0.3, -0.25) is 9.79 Å². The van der Waals surface area contributed by atoms with Crippen molar-refractivity contribution in [2.24, 2.45) is 4.99 Å². The lowest BCUT2D eigenvalue weighted by Gasteiger charge is -2.17. The number of rotatable bonds is 5. The number of hydrogen-bond acceptors (Lipinski definition) is 5. The normalized spacial score (nSPS) is 15.4. The van der Waals surface area contributed by atoms with Crippen molar-refractivity contribution in [1.29, 1.82) is 0 Å². The van der Waals surface area contributed by atoms with Crippen LogP contribution < -0.4 is 5.32 Å². The van der Waals surface area contributed by atoms with Crippen molar-refractivity contribution in [3.05, 3.63) is 28.3 Å². The van der Waals surface area contributed by atoms with Gasteiger partial charge in [0.05, 0.1) is 16.3 Å². The Hall–Kier alpha value is -1.92. The molecule has 3 rings (SSSR count). The molecule has 27 heavy (non-hydrogen) atoms. The molecule has 1 aliphatic rings. The molecule has 0 spiro atoms. The van der Waals surface area contributed by atoms with E-state index in [0.29, 0.717) is 27.0 Å². The maximum atomic E-state index is 12.4. The first kappa shape index (κ1) is 19.8. The molecular formula is C20H23ClN2O3S. The van der Waals surface area contributed by atoms with E-state index >= 15 is 0 Å². The molecule has 0 radical (unpaired) electrons. The van der Waals surface area contributed by atoms with Crippen LogP contribution in [0, 0.1) is 0 Å². The Kier molecular flexibility index (Phi) is 6.50. The average molecular weight is 407 g/mol. The van der Waals surface area contributed by atoms with E-state index in [1.54, 1.807) is 6.92 Å². The third kappa shape index (κ3) is 4.50. The molecule has 0 saturated heterocycles. The van der Waals surface area contributed by atoms with Crippen LogP contribution in [0.2, 0.25) is 5.02 Å². The molecular weight excluding hydrogens is 384 g/mol. The topological polar surface area (TPSA) is 67.8 Å². The summed E-state index contributed by atoms with van der Waals surface area (Å²) in [4.78, 5) is 28.7. The van der Waals surface area contributed by atoms with Crippen LogP contribution in [0.5, 0.6) is 0 Å². The van der Waals surface area contributed by atoms with Gasteiger partial charge < -0.3 is 10.1 Å². The lowest BCUT2D eigenvalue weighted by atomic mass is 9.96. The molecule has 2 aromatic rings. The quantitative estimate of drug-likeness (QED) is 0.530. The first-order valence-electron chi connectivity index (χ1n) is 9.24. The highest BCUT2D eigenvalue weighted by molar-refractivity contribution is 7.24. The molecule has 0 unspecified atom stereocenters. The summed E-state index contributed by atoms with van der Waals surface area (Å²) in [5.41, 5.74) is 1.17. The molecule has 1 N–H and O–H groups in total. The maximum Gasteiger partial charge on any atom is 0.341 e. The lowest BCUT2D eigenvalue weighted by Crippen LogP contribution is -2.11. The Morgan fingerprint density at radius 3 is 2.74 bits per heavy atom. The average Bonchev–Trinajstić information content (AvgIpc) is 3.00. The van der Waals surface area contributed by atoms with E-state index in [1.165, 1.54) is 37.5 Å². The smallest absolute Gasteiger partial charge is 0.341 e. The van der Waals surface area contributed by atoms with E-state index in [-0.39, 0.29) is 12.5 Å². The first-order valence-corrected chi connectivity index (χ1v) is 10.4. The maximum absolute atomic E-state index is 12.4. The van der Waals surface area contributed by atoms with E-state index in [2.05, 4.69) is 5.32 Å². The minimum absolute atomic E-state index is 0.248. The molecule has 1 fully saturated rings. The third-order valence-electron chi connectivity index (χ3n) is 4.60. The SMILES string of the molecule is CCOC(=O)c1c(NC(C)=O)sc2c(Cl)c(C=NC3CCCCC3)ccc12. The number of esters is 1. The highest BCUT2D eigenvalue weighted by Gasteiger charge is 2.23. The summed E-state index contributed by atoms with van der Waals surface area (Å²) in [6, 6.07) is 4.07. The van der Waals surface area contributed by atoms with Crippen LogP contribution in [0.1, 0.15) is 61.9 Å². The number of aliphatic imine (C=N–C) groups is 1. The Morgan fingerprint density at radius 1 is 1.33 bits per heavy atom. The molecule has 1 aromatic heterocycles. The summed E-state index contributed by atoms with van der Waals surface area (Å²) in [5, 5.41) is 4.40. The fourth-order valence-electron chi connectivity index (χ4n) is 3.31. The van der Waals surface area contributed by atoms with Crippen LogP contribution in [0.4, 0.5) is 5.00 Å². The van der Waals surface area contributed by atoms with Gasteiger partial charge in [-0.15, -0.1) is 11.3 Å². The minimum Gasteiger partial charge on any atom is -0.462 e. The number of carbonyl (C=O) groups excluding carboxylic acids is 2. The first-order chi connectivity index (χ1) is 13.0. The molecule has 1 amide bonds. The zero-order valence-electron chi connectivity index (χ0n) is 15.5. The summed E-state index contributed by atoms with van der Waals surface area (Å²) in [7, 11) is 0. The summed E-state index contributed by atoms with van der Waals surface area (Å²) < 4.78 is 5.91. The lowest BCUT2D eigenvalue weighted by molar-refractivity contribution is -0.114. The number of fused-ring (bicyclic) bond motifs is 1. The van der Waals surface area contributed by atoms with Crippen molar-refractivity contribution in [1.82, 2.24) is 0 Å². The molecule has 1 aromatic carbocycles. The summed E-state index contributed by atoms with van der Waals surface area (Å²) in [6.45, 7) is 3.41. The van der Waals surface area contributed by atoms with Gasteiger partial charge in [-0.05, 0) is 19.8 Å². The molecule has 5 nitrogen and oxygen atoms in total. The van der Waals surface area contributed by atoms with Crippen LogP contribution >= 0.6 is 22.9 Å². The predicted octanol–water partition coefficient (Wildman–Crippen LogP) is 5.44. The van der Waals surface area contributed by atoms with Crippen molar-refractivity contribution >= 4 is 56.1 Å². The number of nitrogens with one attached hydrogen (secondary N) is 1. The van der Waals surface area contributed by atoms with Gasteiger partial charge in [-0.25, -0.2) is 4.79 Å². The Morgan fingerprint density at radius 2 is 2.07 bits per heavy atom. The minimum atomic E-state index is -0.466. The van der Waals surface area contributed by atoms with Gasteiger partial charge >= 0.3 is 5.97 Å². The highest BCUT2D eigenvalue weighted by Crippen LogP contribution is 2.41. The molecule has 1 heterocycles. The van der Waals surface area contributed by atoms with E-state index in [0.717, 1.165) is 23.1 Å². The van der Waals surface area contributed by atoms with Crippen molar-refractivity contribution in [3.8, 4) is 0 Å². The van der Waals surface area contributed by atoms with Crippen LogP contribution in [0.3, 0.4) is 0 Å². The van der Waals surface area contributed by atoms with Crippen LogP contribution in [-0.2, 0) is 9.53 Å². The van der Waals surface area contributed by atoms with Crippen molar-refractivity contribution in [2.45, 2.75) is 52.0 Å². The number of benzene rings is 1. The van der Waals surface area contributed by atoms with Crippen molar-refractivity contribution in [3.63, 3.8) is 0 Å². The summed E-state index contributed by atoms with van der Waals surface area (Å²) in [5.74, 6) is -0.713. The third-order valence-corrected chi connectivity index (χ3v) is 6.25. The number of anilines is 1. The molecule has 0 atom stereocenters. The fourth-order valence-corrected chi connectivity index (χ4v) is 4.82. The summed E-state index contributed by atoms with van der Waals surface area (Å²) >= 11 is 7.90. The van der Waals surface area contributed by atoms with Crippen LogP contribution in [0.25, 0.3) is 10.1 Å². The van der Waals surface area contributed by atoms with E-state index in [1.807, 2.05) is 18.3 Å². The molecule has 144 valence electrons. The van der Waals surface area contributed by atoms with Crippen LogP contribution in [0.15, 0.2) is 17.1 Å². The zero-order chi connectivity index (χ0) is 19.4. The predicted molar refractivity (Wildman–Crippen MR) is 112 cm³/mol. The number of halogens is 1. The molecule has 7 heteroatoms. The Labute approximate surface area is 167 Å². The molecule has 0 aliphatic heterocycles. The van der Waals surface area contributed by atoms with E-state index in [4.69, 9.17) is 21.3 Å². The van der Waals surface area contributed by atoms with Gasteiger partial charge in [0.15, 0.2) is 0 Å². The zero-order valence-corrected chi connectivity index (χ0v) is 17.1. The van der Waals surface area contributed by atoms with Gasteiger partial charge in [-0.1, -0.05) is 43.0 Å². The summed E-state index contributed by atoms with van der Waals surface area (Å²) in [6.07, 6.45) is 7.81. The monoisotopic (exact) mass is 406 g/mol. The number of ether oxygens (including phenoxy) is 1. The highest BCUT2D eigenvalue weighted by atomic mass is 35.5. The van der Waals surface area contributed by atoms with Crippen LogP contribution in [-0.4, -0.2) is 30.7 Å². The second kappa shape index (κ2) is 8.85. The van der Waals surface area contributed by atoms with Gasteiger partial charge in [0, 0.05) is 30.1 Å². The van der Waals surface area contributed by atoms with Gasteiger partial charge in [0.25, 0.3) is 0 Å². The second-order valence-electron chi connectivity index (χ2n) is 6.62. The largest absolute Gasteiger partial charge is 0.462 e. The van der Waals surface area contributed by atoms with Crippen molar-refractivity contribution < 1.29 is 14.3 Å². The van der Waals surface area contributed by atoms with Gasteiger partial charge in [-0.2, -0.15) is 0 Å².